The number of hydrogen-bond acceptors (Lipinski definition) is 7. The van der Waals surface area contributed by atoms with Gasteiger partial charge in [0.05, 0.1) is 31.3 Å². The summed E-state index contributed by atoms with van der Waals surface area (Å²) in [6, 6.07) is 15.4. The Balaban J connectivity index is 1.45. The van der Waals surface area contributed by atoms with Crippen molar-refractivity contribution in [3.8, 4) is 0 Å². The Morgan fingerprint density at radius 1 is 0.912 bits per heavy atom. The normalized spacial score (nSPS) is 18.9. The number of nitrogens with zero attached hydrogens (tertiary/aromatic N) is 2. The molecule has 0 spiro atoms. The third kappa shape index (κ3) is 6.41. The highest BCUT2D eigenvalue weighted by Crippen LogP contribution is 2.22. The monoisotopic (exact) mass is 488 g/mol. The number of ether oxygens (including phenoxy) is 2. The van der Waals surface area contributed by atoms with Crippen molar-refractivity contribution in [2.45, 2.75) is 10.9 Å². The lowest BCUT2D eigenvalue weighted by Crippen LogP contribution is -2.42. The first-order valence-corrected chi connectivity index (χ1v) is 13.1. The molecule has 2 aromatic rings. The second kappa shape index (κ2) is 11.9. The van der Waals surface area contributed by atoms with E-state index in [1.165, 1.54) is 10.4 Å². The minimum Gasteiger partial charge on any atom is -0.379 e. The zero-order chi connectivity index (χ0) is 23.8. The van der Waals surface area contributed by atoms with Crippen LogP contribution in [0, 0.1) is 0 Å². The summed E-state index contributed by atoms with van der Waals surface area (Å²) in [6.07, 6.45) is 0. The summed E-state index contributed by atoms with van der Waals surface area (Å²) in [5.41, 5.74) is 1.29. The van der Waals surface area contributed by atoms with Gasteiger partial charge in [-0.1, -0.05) is 36.4 Å². The fourth-order valence-corrected chi connectivity index (χ4v) is 5.54. The van der Waals surface area contributed by atoms with Gasteiger partial charge in [-0.3, -0.25) is 9.69 Å². The van der Waals surface area contributed by atoms with Crippen molar-refractivity contribution in [3.05, 3.63) is 60.2 Å². The smallest absolute Gasteiger partial charge is 0.246 e. The molecule has 2 fully saturated rings. The second-order valence-electron chi connectivity index (χ2n) is 8.29. The molecule has 2 aromatic carbocycles. The number of morpholine rings is 2. The summed E-state index contributed by atoms with van der Waals surface area (Å²) in [4.78, 5) is 15.7. The van der Waals surface area contributed by atoms with E-state index in [1.54, 1.807) is 18.2 Å². The molecule has 9 nitrogen and oxygen atoms in total. The molecular weight excluding hydrogens is 456 g/mol. The van der Waals surface area contributed by atoms with Crippen LogP contribution >= 0.6 is 0 Å². The molecule has 0 unspecified atom stereocenters. The van der Waals surface area contributed by atoms with Crippen LogP contribution in [0.4, 0.5) is 5.69 Å². The first-order valence-electron chi connectivity index (χ1n) is 11.6. The Morgan fingerprint density at radius 2 is 1.59 bits per heavy atom. The Labute approximate surface area is 201 Å². The minimum absolute atomic E-state index is 0.156. The van der Waals surface area contributed by atoms with Gasteiger partial charge in [-0.2, -0.15) is 4.31 Å². The predicted molar refractivity (Wildman–Crippen MR) is 129 cm³/mol. The topological polar surface area (TPSA) is 100 Å². The van der Waals surface area contributed by atoms with Crippen LogP contribution in [-0.4, -0.2) is 89.2 Å². The molecule has 2 N–H and O–H groups in total. The van der Waals surface area contributed by atoms with Crippen LogP contribution < -0.4 is 10.6 Å². The van der Waals surface area contributed by atoms with Gasteiger partial charge in [0.25, 0.3) is 0 Å². The molecule has 34 heavy (non-hydrogen) atoms. The molecule has 0 aliphatic carbocycles. The van der Waals surface area contributed by atoms with Gasteiger partial charge in [-0.05, 0) is 23.8 Å². The molecule has 0 bridgehead atoms. The number of rotatable bonds is 9. The van der Waals surface area contributed by atoms with Crippen LogP contribution in [-0.2, 0) is 24.3 Å². The van der Waals surface area contributed by atoms with Crippen molar-refractivity contribution >= 4 is 21.6 Å². The molecule has 10 heteroatoms. The number of sulfonamides is 1. The fourth-order valence-electron chi connectivity index (χ4n) is 4.08. The molecule has 1 amide bonds. The summed E-state index contributed by atoms with van der Waals surface area (Å²) < 4.78 is 38.1. The maximum absolute atomic E-state index is 13.3. The van der Waals surface area contributed by atoms with E-state index < -0.39 is 16.1 Å². The van der Waals surface area contributed by atoms with Gasteiger partial charge in [-0.25, -0.2) is 8.42 Å². The van der Waals surface area contributed by atoms with E-state index in [0.717, 1.165) is 38.4 Å². The first-order chi connectivity index (χ1) is 16.5. The molecule has 2 aliphatic heterocycles. The van der Waals surface area contributed by atoms with E-state index in [9.17, 15) is 13.2 Å². The maximum atomic E-state index is 13.3. The number of hydrogen-bond donors (Lipinski definition) is 2. The highest BCUT2D eigenvalue weighted by molar-refractivity contribution is 7.89. The van der Waals surface area contributed by atoms with Gasteiger partial charge in [0, 0.05) is 45.0 Å². The first kappa shape index (κ1) is 24.8. The number of benzene rings is 2. The van der Waals surface area contributed by atoms with Crippen molar-refractivity contribution in [2.75, 3.05) is 71.0 Å². The number of anilines is 1. The van der Waals surface area contributed by atoms with Crippen LogP contribution in [0.5, 0.6) is 0 Å². The molecule has 2 heterocycles. The molecule has 2 aliphatic rings. The van der Waals surface area contributed by atoms with Gasteiger partial charge < -0.3 is 20.1 Å². The van der Waals surface area contributed by atoms with Gasteiger partial charge >= 0.3 is 0 Å². The number of carbonyl (C=O) groups is 1. The molecule has 4 rings (SSSR count). The van der Waals surface area contributed by atoms with E-state index in [-0.39, 0.29) is 10.8 Å². The largest absolute Gasteiger partial charge is 0.379 e. The summed E-state index contributed by atoms with van der Waals surface area (Å²) in [7, 11) is -3.65. The fraction of sp³-hybridized carbons (Fsp3) is 0.458. The van der Waals surface area contributed by atoms with Crippen LogP contribution in [0.1, 0.15) is 11.6 Å². The van der Waals surface area contributed by atoms with Crippen molar-refractivity contribution in [2.24, 2.45) is 0 Å². The number of carbonyl (C=O) groups excluding carboxylic acids is 1. The van der Waals surface area contributed by atoms with Gasteiger partial charge in [0.2, 0.25) is 15.9 Å². The Bertz CT molecular complexity index is 1040. The molecule has 2 saturated heterocycles. The standard InChI is InChI=1S/C24H32N4O5S/c29-24(23(20-5-2-1-3-6-20)25-9-10-27-11-15-32-16-12-27)26-21-7-4-8-22(19-21)34(30,31)28-13-17-33-18-14-28/h1-8,19,23,25H,9-18H2,(H,26,29)/t23-/m0/s1. The SMILES string of the molecule is O=C(Nc1cccc(S(=O)(=O)N2CCOCC2)c1)[C@@H](NCCN1CCOCC1)c1ccccc1. The molecule has 0 aromatic heterocycles. The van der Waals surface area contributed by atoms with Crippen molar-refractivity contribution < 1.29 is 22.7 Å². The highest BCUT2D eigenvalue weighted by atomic mass is 32.2. The Hall–Kier alpha value is -2.34. The minimum atomic E-state index is -3.65. The zero-order valence-corrected chi connectivity index (χ0v) is 20.0. The third-order valence-electron chi connectivity index (χ3n) is 5.98. The van der Waals surface area contributed by atoms with Gasteiger partial charge in [-0.15, -0.1) is 0 Å². The van der Waals surface area contributed by atoms with E-state index in [4.69, 9.17) is 9.47 Å². The molecule has 1 atom stereocenters. The molecule has 0 saturated carbocycles. The van der Waals surface area contributed by atoms with Crippen LogP contribution in [0.3, 0.4) is 0 Å². The maximum Gasteiger partial charge on any atom is 0.246 e. The van der Waals surface area contributed by atoms with Crippen LogP contribution in [0.25, 0.3) is 0 Å². The molecule has 0 radical (unpaired) electrons. The Kier molecular flexibility index (Phi) is 8.65. The molecule has 184 valence electrons. The summed E-state index contributed by atoms with van der Waals surface area (Å²) >= 11 is 0. The third-order valence-corrected chi connectivity index (χ3v) is 7.88. The number of amides is 1. The van der Waals surface area contributed by atoms with E-state index in [2.05, 4.69) is 15.5 Å². The van der Waals surface area contributed by atoms with E-state index >= 15 is 0 Å². The van der Waals surface area contributed by atoms with Crippen LogP contribution in [0.2, 0.25) is 0 Å². The lowest BCUT2D eigenvalue weighted by molar-refractivity contribution is -0.118. The van der Waals surface area contributed by atoms with Gasteiger partial charge in [0.15, 0.2) is 0 Å². The predicted octanol–water partition coefficient (Wildman–Crippen LogP) is 1.31. The number of nitrogens with one attached hydrogen (secondary N) is 2. The van der Waals surface area contributed by atoms with Crippen LogP contribution in [0.15, 0.2) is 59.5 Å². The van der Waals surface area contributed by atoms with E-state index in [0.29, 0.717) is 38.5 Å². The second-order valence-corrected chi connectivity index (χ2v) is 10.2. The van der Waals surface area contributed by atoms with E-state index in [1.807, 2.05) is 30.3 Å². The quantitative estimate of drug-likeness (QED) is 0.549. The lowest BCUT2D eigenvalue weighted by Gasteiger charge is -2.27. The van der Waals surface area contributed by atoms with Gasteiger partial charge in [0.1, 0.15) is 6.04 Å². The average Bonchev–Trinajstić information content (AvgIpc) is 2.88. The summed E-state index contributed by atoms with van der Waals surface area (Å²) in [5, 5.41) is 6.27. The Morgan fingerprint density at radius 3 is 2.29 bits per heavy atom. The highest BCUT2D eigenvalue weighted by Gasteiger charge is 2.27. The van der Waals surface area contributed by atoms with Crippen molar-refractivity contribution in [3.63, 3.8) is 0 Å². The summed E-state index contributed by atoms with van der Waals surface area (Å²) in [6.45, 7) is 6.08. The molecular formula is C24H32N4O5S. The lowest BCUT2D eigenvalue weighted by atomic mass is 10.1. The average molecular weight is 489 g/mol. The zero-order valence-electron chi connectivity index (χ0n) is 19.2. The van der Waals surface area contributed by atoms with Crippen molar-refractivity contribution in [1.29, 1.82) is 0 Å². The van der Waals surface area contributed by atoms with Crippen molar-refractivity contribution in [1.82, 2.24) is 14.5 Å². The summed E-state index contributed by atoms with van der Waals surface area (Å²) in [5.74, 6) is -0.242.